The fourth-order valence-corrected chi connectivity index (χ4v) is 1.81. The molecule has 0 aromatic heterocycles. The highest BCUT2D eigenvalue weighted by Gasteiger charge is 2.24. The van der Waals surface area contributed by atoms with Gasteiger partial charge in [-0.1, -0.05) is 12.1 Å². The van der Waals surface area contributed by atoms with Gasteiger partial charge >= 0.3 is 0 Å². The van der Waals surface area contributed by atoms with Gasteiger partial charge < -0.3 is 5.73 Å². The second kappa shape index (κ2) is 3.45. The van der Waals surface area contributed by atoms with Crippen LogP contribution >= 0.6 is 0 Å². The number of hydrogen-bond donors (Lipinski definition) is 1. The van der Waals surface area contributed by atoms with E-state index in [2.05, 4.69) is 0 Å². The van der Waals surface area contributed by atoms with Crippen LogP contribution in [0, 0.1) is 12.8 Å². The summed E-state index contributed by atoms with van der Waals surface area (Å²) in [6.45, 7) is 2.05. The van der Waals surface area contributed by atoms with E-state index in [0.717, 1.165) is 17.9 Å². The average Bonchev–Trinajstić information content (AvgIpc) is 2.91. The molecule has 2 rings (SSSR count). The predicted molar refractivity (Wildman–Crippen MR) is 56.1 cm³/mol. The van der Waals surface area contributed by atoms with Gasteiger partial charge in [0.1, 0.15) is 0 Å². The van der Waals surface area contributed by atoms with E-state index in [1.54, 1.807) is 0 Å². The van der Waals surface area contributed by atoms with Crippen LogP contribution in [-0.4, -0.2) is 5.91 Å². The fourth-order valence-electron chi connectivity index (χ4n) is 1.81. The highest BCUT2D eigenvalue weighted by molar-refractivity contribution is 5.94. The van der Waals surface area contributed by atoms with Crippen LogP contribution in [-0.2, 0) is 6.42 Å². The van der Waals surface area contributed by atoms with Crippen LogP contribution in [0.3, 0.4) is 0 Å². The van der Waals surface area contributed by atoms with Crippen molar-refractivity contribution < 1.29 is 4.79 Å². The third-order valence-corrected chi connectivity index (χ3v) is 2.87. The molecule has 1 aliphatic rings. The van der Waals surface area contributed by atoms with Crippen LogP contribution in [0.2, 0.25) is 0 Å². The Bertz CT molecular complexity index is 367. The number of carbonyl (C=O) groups is 1. The first kappa shape index (κ1) is 9.25. The fraction of sp³-hybridized carbons (Fsp3) is 0.417. The summed E-state index contributed by atoms with van der Waals surface area (Å²) < 4.78 is 0. The molecule has 2 heteroatoms. The van der Waals surface area contributed by atoms with E-state index < -0.39 is 0 Å². The Balaban J connectivity index is 2.36. The van der Waals surface area contributed by atoms with Gasteiger partial charge in [0.25, 0.3) is 0 Å². The largest absolute Gasteiger partial charge is 0.366 e. The minimum Gasteiger partial charge on any atom is -0.366 e. The smallest absolute Gasteiger partial charge is 0.248 e. The molecule has 14 heavy (non-hydrogen) atoms. The van der Waals surface area contributed by atoms with Crippen molar-refractivity contribution in [2.24, 2.45) is 11.7 Å². The maximum absolute atomic E-state index is 11.2. The number of hydrogen-bond acceptors (Lipinski definition) is 1. The summed E-state index contributed by atoms with van der Waals surface area (Å²) in [6, 6.07) is 5.77. The number of aryl methyl sites for hydroxylation is 1. The molecule has 1 fully saturated rings. The molecule has 74 valence electrons. The molecule has 1 saturated carbocycles. The summed E-state index contributed by atoms with van der Waals surface area (Å²) in [5.74, 6) is 0.485. The van der Waals surface area contributed by atoms with Gasteiger partial charge in [0.05, 0.1) is 0 Å². The molecule has 1 amide bonds. The Morgan fingerprint density at radius 2 is 2.21 bits per heavy atom. The van der Waals surface area contributed by atoms with Crippen LogP contribution < -0.4 is 5.73 Å². The average molecular weight is 189 g/mol. The number of nitrogens with two attached hydrogens (primary N) is 1. The molecule has 0 radical (unpaired) electrons. The second-order valence-corrected chi connectivity index (χ2v) is 4.11. The lowest BCUT2D eigenvalue weighted by Crippen LogP contribution is -2.14. The van der Waals surface area contributed by atoms with Gasteiger partial charge in [0.15, 0.2) is 0 Å². The van der Waals surface area contributed by atoms with E-state index >= 15 is 0 Å². The zero-order chi connectivity index (χ0) is 10.1. The molecule has 0 saturated heterocycles. The van der Waals surface area contributed by atoms with Crippen LogP contribution in [0.4, 0.5) is 0 Å². The van der Waals surface area contributed by atoms with E-state index in [9.17, 15) is 4.79 Å². The highest BCUT2D eigenvalue weighted by atomic mass is 16.1. The molecule has 2 N–H and O–H groups in total. The predicted octanol–water partition coefficient (Wildman–Crippen LogP) is 2.05. The summed E-state index contributed by atoms with van der Waals surface area (Å²) in [5.41, 5.74) is 8.39. The van der Waals surface area contributed by atoms with Gasteiger partial charge in [0, 0.05) is 5.56 Å². The minimum atomic E-state index is -0.302. The molecule has 1 aliphatic carbocycles. The van der Waals surface area contributed by atoms with Gasteiger partial charge in [-0.3, -0.25) is 4.79 Å². The monoisotopic (exact) mass is 189 g/mol. The van der Waals surface area contributed by atoms with E-state index in [1.807, 2.05) is 25.1 Å². The lowest BCUT2D eigenvalue weighted by atomic mass is 9.97. The molecule has 1 aromatic carbocycles. The van der Waals surface area contributed by atoms with Crippen molar-refractivity contribution in [3.05, 3.63) is 34.9 Å². The number of amides is 1. The van der Waals surface area contributed by atoms with E-state index in [-0.39, 0.29) is 5.91 Å². The molecule has 0 heterocycles. The highest BCUT2D eigenvalue weighted by Crippen LogP contribution is 2.34. The lowest BCUT2D eigenvalue weighted by molar-refractivity contribution is 0.0999. The van der Waals surface area contributed by atoms with Crippen LogP contribution in [0.5, 0.6) is 0 Å². The molecule has 0 aliphatic heterocycles. The molecule has 0 unspecified atom stereocenters. The number of rotatable bonds is 3. The maximum Gasteiger partial charge on any atom is 0.248 e. The van der Waals surface area contributed by atoms with Crippen molar-refractivity contribution in [2.75, 3.05) is 0 Å². The van der Waals surface area contributed by atoms with E-state index in [1.165, 1.54) is 18.4 Å². The number of carbonyl (C=O) groups excluding carboxylic acids is 1. The minimum absolute atomic E-state index is 0.302. The molecule has 1 aromatic rings. The Hall–Kier alpha value is -1.31. The summed E-state index contributed by atoms with van der Waals surface area (Å²) in [4.78, 5) is 11.2. The summed E-state index contributed by atoms with van der Waals surface area (Å²) in [6.07, 6.45) is 3.62. The quantitative estimate of drug-likeness (QED) is 0.777. The Labute approximate surface area is 84.1 Å². The molecular weight excluding hydrogens is 174 g/mol. The van der Waals surface area contributed by atoms with Crippen molar-refractivity contribution in [1.82, 2.24) is 0 Å². The normalized spacial score (nSPS) is 15.5. The molecule has 0 bridgehead atoms. The second-order valence-electron chi connectivity index (χ2n) is 4.11. The third kappa shape index (κ3) is 1.79. The van der Waals surface area contributed by atoms with Crippen LogP contribution in [0.25, 0.3) is 0 Å². The first-order chi connectivity index (χ1) is 6.68. The summed E-state index contributed by atoms with van der Waals surface area (Å²) in [5, 5.41) is 0. The lowest BCUT2D eigenvalue weighted by Gasteiger charge is -2.09. The van der Waals surface area contributed by atoms with Crippen molar-refractivity contribution in [3.63, 3.8) is 0 Å². The third-order valence-electron chi connectivity index (χ3n) is 2.87. The summed E-state index contributed by atoms with van der Waals surface area (Å²) >= 11 is 0. The standard InChI is InChI=1S/C12H15NO/c1-8-3-2-4-10(12(13)14)11(8)7-9-5-6-9/h2-4,9H,5-7H2,1H3,(H2,13,14). The van der Waals surface area contributed by atoms with Gasteiger partial charge in [-0.25, -0.2) is 0 Å². The van der Waals surface area contributed by atoms with Crippen molar-refractivity contribution in [2.45, 2.75) is 26.2 Å². The molecule has 0 spiro atoms. The van der Waals surface area contributed by atoms with Gasteiger partial charge in [0.2, 0.25) is 5.91 Å². The zero-order valence-electron chi connectivity index (χ0n) is 8.42. The Kier molecular flexibility index (Phi) is 2.28. The molecule has 2 nitrogen and oxygen atoms in total. The Morgan fingerprint density at radius 3 is 2.79 bits per heavy atom. The topological polar surface area (TPSA) is 43.1 Å². The Morgan fingerprint density at radius 1 is 1.50 bits per heavy atom. The van der Waals surface area contributed by atoms with Crippen LogP contribution in [0.15, 0.2) is 18.2 Å². The van der Waals surface area contributed by atoms with Crippen LogP contribution in [0.1, 0.15) is 34.3 Å². The van der Waals surface area contributed by atoms with Gasteiger partial charge in [-0.15, -0.1) is 0 Å². The van der Waals surface area contributed by atoms with Crippen molar-refractivity contribution >= 4 is 5.91 Å². The van der Waals surface area contributed by atoms with Gasteiger partial charge in [-0.05, 0) is 49.3 Å². The van der Waals surface area contributed by atoms with Gasteiger partial charge in [-0.2, -0.15) is 0 Å². The summed E-state index contributed by atoms with van der Waals surface area (Å²) in [7, 11) is 0. The number of primary amides is 1. The maximum atomic E-state index is 11.2. The van der Waals surface area contributed by atoms with Crippen molar-refractivity contribution in [3.8, 4) is 0 Å². The SMILES string of the molecule is Cc1cccc(C(N)=O)c1CC1CC1. The van der Waals surface area contributed by atoms with E-state index in [4.69, 9.17) is 5.73 Å². The van der Waals surface area contributed by atoms with E-state index in [0.29, 0.717) is 5.56 Å². The number of benzene rings is 1. The first-order valence-electron chi connectivity index (χ1n) is 5.07. The first-order valence-corrected chi connectivity index (χ1v) is 5.07. The molecule has 0 atom stereocenters. The molecular formula is C12H15NO. The zero-order valence-corrected chi connectivity index (χ0v) is 8.42. The van der Waals surface area contributed by atoms with Crippen molar-refractivity contribution in [1.29, 1.82) is 0 Å².